The van der Waals surface area contributed by atoms with E-state index in [9.17, 15) is 14.4 Å². The Hall–Kier alpha value is -2.80. The molecule has 1 N–H and O–H groups in total. The predicted molar refractivity (Wildman–Crippen MR) is 107 cm³/mol. The van der Waals surface area contributed by atoms with Gasteiger partial charge in [-0.05, 0) is 63.2 Å². The van der Waals surface area contributed by atoms with Gasteiger partial charge in [-0.2, -0.15) is 0 Å². The molecule has 28 heavy (non-hydrogen) atoms. The zero-order chi connectivity index (χ0) is 20.3. The van der Waals surface area contributed by atoms with Crippen LogP contribution in [-0.2, 0) is 9.53 Å². The third-order valence-electron chi connectivity index (χ3n) is 4.25. The van der Waals surface area contributed by atoms with Gasteiger partial charge in [0, 0.05) is 10.5 Å². The van der Waals surface area contributed by atoms with Crippen LogP contribution in [0.1, 0.15) is 41.5 Å². The average molecular weight is 399 g/mol. The molecule has 1 amide bonds. The van der Waals surface area contributed by atoms with Crippen LogP contribution >= 0.6 is 11.8 Å². The van der Waals surface area contributed by atoms with Gasteiger partial charge < -0.3 is 14.8 Å². The number of carbonyl (C=O) groups is 3. The number of hydrogen-bond acceptors (Lipinski definition) is 6. The average Bonchev–Trinajstić information content (AvgIpc) is 2.68. The van der Waals surface area contributed by atoms with Gasteiger partial charge in [0.05, 0.1) is 23.1 Å². The lowest BCUT2D eigenvalue weighted by Gasteiger charge is -2.21. The first kappa shape index (κ1) is 19.9. The van der Waals surface area contributed by atoms with Crippen LogP contribution in [0.5, 0.6) is 5.75 Å². The van der Waals surface area contributed by atoms with Crippen LogP contribution in [0.3, 0.4) is 0 Å². The number of rotatable bonds is 6. The fourth-order valence-electron chi connectivity index (χ4n) is 2.73. The molecule has 2 atom stereocenters. The number of ether oxygens (including phenoxy) is 2. The number of hydrogen-bond donors (Lipinski definition) is 1. The molecule has 1 heterocycles. The summed E-state index contributed by atoms with van der Waals surface area (Å²) in [6.45, 7) is 5.78. The topological polar surface area (TPSA) is 81.7 Å². The van der Waals surface area contributed by atoms with E-state index in [2.05, 4.69) is 5.32 Å². The summed E-state index contributed by atoms with van der Waals surface area (Å²) in [5.41, 5.74) is 1.29. The minimum Gasteiger partial charge on any atom is -0.494 e. The summed E-state index contributed by atoms with van der Waals surface area (Å²) in [5.74, 6) is -0.353. The highest BCUT2D eigenvalue weighted by Gasteiger charge is 2.25. The molecule has 0 fully saturated rings. The second-order valence-electron chi connectivity index (χ2n) is 6.33. The van der Waals surface area contributed by atoms with Crippen molar-refractivity contribution in [2.24, 2.45) is 0 Å². The molecular weight excluding hydrogens is 378 g/mol. The molecular formula is C21H21NO5S. The van der Waals surface area contributed by atoms with E-state index in [-0.39, 0.29) is 22.5 Å². The highest BCUT2D eigenvalue weighted by molar-refractivity contribution is 8.00. The molecule has 1 aliphatic rings. The Morgan fingerprint density at radius 3 is 2.50 bits per heavy atom. The lowest BCUT2D eigenvalue weighted by atomic mass is 10.1. The fraction of sp³-hybridized carbons (Fsp3) is 0.286. The van der Waals surface area contributed by atoms with Crippen molar-refractivity contribution in [3.63, 3.8) is 0 Å². The van der Waals surface area contributed by atoms with Crippen molar-refractivity contribution in [2.45, 2.75) is 37.0 Å². The van der Waals surface area contributed by atoms with Gasteiger partial charge in [0.25, 0.3) is 0 Å². The fourth-order valence-corrected chi connectivity index (χ4v) is 3.67. The van der Waals surface area contributed by atoms with Crippen LogP contribution in [0, 0.1) is 0 Å². The van der Waals surface area contributed by atoms with E-state index >= 15 is 0 Å². The van der Waals surface area contributed by atoms with Crippen LogP contribution in [0.25, 0.3) is 0 Å². The van der Waals surface area contributed by atoms with Crippen molar-refractivity contribution in [1.29, 1.82) is 0 Å². The third kappa shape index (κ3) is 4.36. The molecule has 0 radical (unpaired) electrons. The van der Waals surface area contributed by atoms with E-state index in [0.717, 1.165) is 4.90 Å². The van der Waals surface area contributed by atoms with Gasteiger partial charge in [-0.1, -0.05) is 0 Å². The van der Waals surface area contributed by atoms with E-state index in [0.29, 0.717) is 23.6 Å². The zero-order valence-electron chi connectivity index (χ0n) is 15.9. The molecule has 0 bridgehead atoms. The summed E-state index contributed by atoms with van der Waals surface area (Å²) in [5, 5.41) is 2.59. The molecule has 0 spiro atoms. The molecule has 0 unspecified atom stereocenters. The molecule has 2 aromatic rings. The minimum absolute atomic E-state index is 0.109. The summed E-state index contributed by atoms with van der Waals surface area (Å²) in [6, 6.07) is 11.7. The number of nitrogens with one attached hydrogen (secondary N) is 1. The van der Waals surface area contributed by atoms with Gasteiger partial charge in [0.2, 0.25) is 11.7 Å². The summed E-state index contributed by atoms with van der Waals surface area (Å²) in [6.07, 6.45) is -0.939. The van der Waals surface area contributed by atoms with Crippen molar-refractivity contribution in [2.75, 3.05) is 11.9 Å². The van der Waals surface area contributed by atoms with E-state index in [1.54, 1.807) is 42.5 Å². The SMILES string of the molecule is CCOc1ccc(C(=O)[C@H](C)OC(=O)c2ccc3c(c2)NC(=O)[C@H](C)S3)cc1. The first-order chi connectivity index (χ1) is 13.4. The number of fused-ring (bicyclic) bond motifs is 1. The third-order valence-corrected chi connectivity index (χ3v) is 5.43. The number of esters is 1. The molecule has 7 heteroatoms. The van der Waals surface area contributed by atoms with E-state index in [4.69, 9.17) is 9.47 Å². The highest BCUT2D eigenvalue weighted by atomic mass is 32.2. The van der Waals surface area contributed by atoms with Gasteiger partial charge in [-0.25, -0.2) is 4.79 Å². The van der Waals surface area contributed by atoms with Gasteiger partial charge in [0.1, 0.15) is 5.75 Å². The molecule has 0 aliphatic carbocycles. The number of Topliss-reactive ketones (excluding diaryl/α,β-unsaturated/α-hetero) is 1. The molecule has 0 aromatic heterocycles. The number of carbonyl (C=O) groups excluding carboxylic acids is 3. The number of ketones is 1. The zero-order valence-corrected chi connectivity index (χ0v) is 16.7. The predicted octanol–water partition coefficient (Wildman–Crippen LogP) is 3.95. The molecule has 146 valence electrons. The maximum atomic E-state index is 12.5. The van der Waals surface area contributed by atoms with Crippen LogP contribution < -0.4 is 10.1 Å². The molecule has 0 saturated heterocycles. The van der Waals surface area contributed by atoms with Crippen LogP contribution in [0.15, 0.2) is 47.4 Å². The smallest absolute Gasteiger partial charge is 0.338 e. The van der Waals surface area contributed by atoms with E-state index in [1.165, 1.54) is 18.7 Å². The Bertz CT molecular complexity index is 910. The van der Waals surface area contributed by atoms with Crippen molar-refractivity contribution in [3.8, 4) is 5.75 Å². The Morgan fingerprint density at radius 2 is 1.82 bits per heavy atom. The van der Waals surface area contributed by atoms with Crippen LogP contribution in [0.2, 0.25) is 0 Å². The second kappa shape index (κ2) is 8.48. The summed E-state index contributed by atoms with van der Waals surface area (Å²) < 4.78 is 10.7. The van der Waals surface area contributed by atoms with Crippen LogP contribution in [-0.4, -0.2) is 35.6 Å². The molecule has 0 saturated carbocycles. The van der Waals surface area contributed by atoms with E-state index in [1.807, 2.05) is 13.8 Å². The van der Waals surface area contributed by atoms with Gasteiger partial charge in [0.15, 0.2) is 6.10 Å². The molecule has 3 rings (SSSR count). The second-order valence-corrected chi connectivity index (χ2v) is 7.71. The van der Waals surface area contributed by atoms with Crippen LogP contribution in [0.4, 0.5) is 5.69 Å². The quantitative estimate of drug-likeness (QED) is 0.585. The van der Waals surface area contributed by atoms with Crippen molar-refractivity contribution in [1.82, 2.24) is 0 Å². The summed E-state index contributed by atoms with van der Waals surface area (Å²) in [4.78, 5) is 37.7. The highest BCUT2D eigenvalue weighted by Crippen LogP contribution is 2.36. The Morgan fingerprint density at radius 1 is 1.14 bits per heavy atom. The monoisotopic (exact) mass is 399 g/mol. The first-order valence-corrected chi connectivity index (χ1v) is 9.86. The number of anilines is 1. The Kier molecular flexibility index (Phi) is 6.04. The van der Waals surface area contributed by atoms with Crippen molar-refractivity contribution < 1.29 is 23.9 Å². The van der Waals surface area contributed by atoms with Crippen molar-refractivity contribution in [3.05, 3.63) is 53.6 Å². The summed E-state index contributed by atoms with van der Waals surface area (Å²) >= 11 is 1.43. The number of amides is 1. The largest absolute Gasteiger partial charge is 0.494 e. The lowest BCUT2D eigenvalue weighted by Crippen LogP contribution is -2.27. The van der Waals surface area contributed by atoms with Gasteiger partial charge in [-0.15, -0.1) is 11.8 Å². The standard InChI is InChI=1S/C21H21NO5S/c1-4-26-16-8-5-14(6-9-16)19(23)12(2)27-21(25)15-7-10-18-17(11-15)22-20(24)13(3)28-18/h5-13H,4H2,1-3H3,(H,22,24)/t12-,13-/m0/s1. The minimum atomic E-state index is -0.939. The van der Waals surface area contributed by atoms with Crippen molar-refractivity contribution >= 4 is 35.1 Å². The number of thioether (sulfide) groups is 1. The Balaban J connectivity index is 1.67. The Labute approximate surface area is 167 Å². The maximum absolute atomic E-state index is 12.5. The summed E-state index contributed by atoms with van der Waals surface area (Å²) in [7, 11) is 0. The van der Waals surface area contributed by atoms with E-state index < -0.39 is 12.1 Å². The van der Waals surface area contributed by atoms with Gasteiger partial charge in [-0.3, -0.25) is 9.59 Å². The normalized spacial score (nSPS) is 16.5. The van der Waals surface area contributed by atoms with Gasteiger partial charge >= 0.3 is 5.97 Å². The first-order valence-electron chi connectivity index (χ1n) is 8.98. The lowest BCUT2D eigenvalue weighted by molar-refractivity contribution is -0.115. The molecule has 1 aliphatic heterocycles. The number of benzene rings is 2. The molecule has 2 aromatic carbocycles. The maximum Gasteiger partial charge on any atom is 0.338 e. The molecule has 6 nitrogen and oxygen atoms in total.